The van der Waals surface area contributed by atoms with Crippen LogP contribution in [0.5, 0.6) is 5.75 Å². The van der Waals surface area contributed by atoms with Crippen molar-refractivity contribution in [2.45, 2.75) is 32.2 Å². The predicted octanol–water partition coefficient (Wildman–Crippen LogP) is 2.26. The quantitative estimate of drug-likeness (QED) is 0.734. The zero-order valence-corrected chi connectivity index (χ0v) is 11.3. The van der Waals surface area contributed by atoms with Gasteiger partial charge in [-0.15, -0.1) is 0 Å². The molecular formula is C14H22FNO2. The second kappa shape index (κ2) is 6.71. The van der Waals surface area contributed by atoms with Gasteiger partial charge in [-0.3, -0.25) is 0 Å². The minimum atomic E-state index is -0.334. The van der Waals surface area contributed by atoms with E-state index in [-0.39, 0.29) is 18.0 Å². The monoisotopic (exact) mass is 255 g/mol. The van der Waals surface area contributed by atoms with Gasteiger partial charge in [0.15, 0.2) is 11.6 Å². The molecule has 1 aromatic carbocycles. The number of aliphatic hydroxyl groups is 1. The average Bonchev–Trinajstić information content (AvgIpc) is 2.38. The van der Waals surface area contributed by atoms with Crippen molar-refractivity contribution in [1.29, 1.82) is 0 Å². The Morgan fingerprint density at radius 3 is 2.78 bits per heavy atom. The highest BCUT2D eigenvalue weighted by Gasteiger charge is 2.19. The lowest BCUT2D eigenvalue weighted by Gasteiger charge is -2.26. The van der Waals surface area contributed by atoms with Crippen molar-refractivity contribution < 1.29 is 14.2 Å². The van der Waals surface area contributed by atoms with Crippen LogP contribution < -0.4 is 10.1 Å². The molecule has 0 spiro atoms. The van der Waals surface area contributed by atoms with Gasteiger partial charge in [0.05, 0.1) is 13.2 Å². The van der Waals surface area contributed by atoms with E-state index in [4.69, 9.17) is 4.74 Å². The van der Waals surface area contributed by atoms with Crippen LogP contribution in [0.4, 0.5) is 4.39 Å². The van der Waals surface area contributed by atoms with Gasteiger partial charge < -0.3 is 15.2 Å². The highest BCUT2D eigenvalue weighted by molar-refractivity contribution is 5.29. The molecule has 1 unspecified atom stereocenters. The van der Waals surface area contributed by atoms with Gasteiger partial charge >= 0.3 is 0 Å². The molecule has 0 bridgehead atoms. The maximum Gasteiger partial charge on any atom is 0.165 e. The van der Waals surface area contributed by atoms with E-state index in [1.165, 1.54) is 6.07 Å². The topological polar surface area (TPSA) is 41.5 Å². The molecule has 102 valence electrons. The molecule has 0 radical (unpaired) electrons. The zero-order valence-electron chi connectivity index (χ0n) is 11.3. The van der Waals surface area contributed by atoms with Gasteiger partial charge in [0, 0.05) is 5.54 Å². The van der Waals surface area contributed by atoms with Crippen molar-refractivity contribution in [3.05, 3.63) is 29.6 Å². The Morgan fingerprint density at radius 2 is 2.17 bits per heavy atom. The summed E-state index contributed by atoms with van der Waals surface area (Å²) < 4.78 is 18.8. The molecular weight excluding hydrogens is 233 g/mol. The number of aryl methyl sites for hydroxylation is 1. The molecule has 0 saturated carbocycles. The SMILES string of the molecule is CNC(C)(CO)CCCOc1cc(C)ccc1F. The van der Waals surface area contributed by atoms with Gasteiger partial charge in [0.1, 0.15) is 0 Å². The Hall–Kier alpha value is -1.13. The van der Waals surface area contributed by atoms with Crippen LogP contribution in [-0.2, 0) is 0 Å². The van der Waals surface area contributed by atoms with Crippen LogP contribution in [0.1, 0.15) is 25.3 Å². The number of aliphatic hydroxyl groups excluding tert-OH is 1. The lowest BCUT2D eigenvalue weighted by Crippen LogP contribution is -2.43. The molecule has 1 atom stereocenters. The third-order valence-corrected chi connectivity index (χ3v) is 3.17. The first-order chi connectivity index (χ1) is 8.50. The van der Waals surface area contributed by atoms with Crippen LogP contribution >= 0.6 is 0 Å². The Balaban J connectivity index is 2.40. The Morgan fingerprint density at radius 1 is 1.44 bits per heavy atom. The lowest BCUT2D eigenvalue weighted by molar-refractivity contribution is 0.163. The fraction of sp³-hybridized carbons (Fsp3) is 0.571. The van der Waals surface area contributed by atoms with Crippen LogP contribution in [0.25, 0.3) is 0 Å². The second-order valence-electron chi connectivity index (χ2n) is 4.85. The van der Waals surface area contributed by atoms with Gasteiger partial charge in [-0.25, -0.2) is 4.39 Å². The maximum absolute atomic E-state index is 13.4. The van der Waals surface area contributed by atoms with Crippen molar-refractivity contribution in [2.75, 3.05) is 20.3 Å². The van der Waals surface area contributed by atoms with E-state index in [0.717, 1.165) is 18.4 Å². The first kappa shape index (κ1) is 14.9. The first-order valence-electron chi connectivity index (χ1n) is 6.19. The molecule has 0 heterocycles. The van der Waals surface area contributed by atoms with E-state index in [0.29, 0.717) is 12.4 Å². The van der Waals surface area contributed by atoms with E-state index in [1.54, 1.807) is 12.1 Å². The summed E-state index contributed by atoms with van der Waals surface area (Å²) in [6, 6.07) is 4.82. The minimum absolute atomic E-state index is 0.0717. The van der Waals surface area contributed by atoms with Gasteiger partial charge in [-0.2, -0.15) is 0 Å². The smallest absolute Gasteiger partial charge is 0.165 e. The fourth-order valence-electron chi connectivity index (χ4n) is 1.65. The predicted molar refractivity (Wildman–Crippen MR) is 70.4 cm³/mol. The molecule has 0 fully saturated rings. The standard InChI is InChI=1S/C14H22FNO2/c1-11-5-6-12(15)13(9-11)18-8-4-7-14(2,10-17)16-3/h5-6,9,16-17H,4,7-8,10H2,1-3H3. The normalized spacial score (nSPS) is 14.3. The van der Waals surface area contributed by atoms with Crippen molar-refractivity contribution in [1.82, 2.24) is 5.32 Å². The molecule has 1 aromatic rings. The van der Waals surface area contributed by atoms with E-state index >= 15 is 0 Å². The van der Waals surface area contributed by atoms with Gasteiger partial charge in [-0.05, 0) is 51.4 Å². The Kier molecular flexibility index (Phi) is 5.56. The van der Waals surface area contributed by atoms with E-state index < -0.39 is 0 Å². The number of hydrogen-bond acceptors (Lipinski definition) is 3. The molecule has 0 amide bonds. The lowest BCUT2D eigenvalue weighted by atomic mass is 9.97. The molecule has 0 aliphatic heterocycles. The summed E-state index contributed by atoms with van der Waals surface area (Å²) in [5, 5.41) is 12.3. The number of benzene rings is 1. The van der Waals surface area contributed by atoms with E-state index in [1.807, 2.05) is 20.9 Å². The van der Waals surface area contributed by atoms with Crippen LogP contribution in [0.2, 0.25) is 0 Å². The molecule has 2 N–H and O–H groups in total. The Bertz CT molecular complexity index is 378. The minimum Gasteiger partial charge on any atom is -0.491 e. The number of ether oxygens (including phenoxy) is 1. The van der Waals surface area contributed by atoms with Crippen molar-refractivity contribution in [3.8, 4) is 5.75 Å². The highest BCUT2D eigenvalue weighted by Crippen LogP contribution is 2.19. The number of likely N-dealkylation sites (N-methyl/N-ethyl adjacent to an activating group) is 1. The Labute approximate surface area is 108 Å². The van der Waals surface area contributed by atoms with Crippen LogP contribution in [0.15, 0.2) is 18.2 Å². The second-order valence-corrected chi connectivity index (χ2v) is 4.85. The largest absolute Gasteiger partial charge is 0.491 e. The maximum atomic E-state index is 13.4. The summed E-state index contributed by atoms with van der Waals surface area (Å²) in [7, 11) is 1.82. The number of nitrogens with one attached hydrogen (secondary N) is 1. The van der Waals surface area contributed by atoms with Gasteiger partial charge in [-0.1, -0.05) is 6.07 Å². The van der Waals surface area contributed by atoms with Crippen molar-refractivity contribution in [3.63, 3.8) is 0 Å². The molecule has 0 aliphatic carbocycles. The summed E-state index contributed by atoms with van der Waals surface area (Å²) in [5.74, 6) is -0.0377. The van der Waals surface area contributed by atoms with Gasteiger partial charge in [0.2, 0.25) is 0 Å². The summed E-state index contributed by atoms with van der Waals surface area (Å²) in [4.78, 5) is 0. The summed E-state index contributed by atoms with van der Waals surface area (Å²) in [6.45, 7) is 4.36. The number of halogens is 1. The highest BCUT2D eigenvalue weighted by atomic mass is 19.1. The van der Waals surface area contributed by atoms with E-state index in [9.17, 15) is 9.50 Å². The zero-order chi connectivity index (χ0) is 13.6. The average molecular weight is 255 g/mol. The third-order valence-electron chi connectivity index (χ3n) is 3.17. The molecule has 1 rings (SSSR count). The molecule has 0 aromatic heterocycles. The first-order valence-corrected chi connectivity index (χ1v) is 6.19. The van der Waals surface area contributed by atoms with Crippen LogP contribution in [0, 0.1) is 12.7 Å². The molecule has 3 nitrogen and oxygen atoms in total. The van der Waals surface area contributed by atoms with Crippen LogP contribution in [-0.4, -0.2) is 30.9 Å². The summed E-state index contributed by atoms with van der Waals surface area (Å²) >= 11 is 0. The van der Waals surface area contributed by atoms with Crippen LogP contribution in [0.3, 0.4) is 0 Å². The van der Waals surface area contributed by atoms with Crippen molar-refractivity contribution >= 4 is 0 Å². The molecule has 0 saturated heterocycles. The fourth-order valence-corrected chi connectivity index (χ4v) is 1.65. The summed E-state index contributed by atoms with van der Waals surface area (Å²) in [6.07, 6.45) is 1.53. The van der Waals surface area contributed by atoms with Gasteiger partial charge in [0.25, 0.3) is 0 Å². The molecule has 0 aliphatic rings. The molecule has 18 heavy (non-hydrogen) atoms. The number of rotatable bonds is 7. The van der Waals surface area contributed by atoms with Crippen molar-refractivity contribution in [2.24, 2.45) is 0 Å². The summed E-state index contributed by atoms with van der Waals surface area (Å²) in [5.41, 5.74) is 0.677. The third kappa shape index (κ3) is 4.27. The number of hydrogen-bond donors (Lipinski definition) is 2. The van der Waals surface area contributed by atoms with E-state index in [2.05, 4.69) is 5.32 Å². The molecule has 4 heteroatoms.